The van der Waals surface area contributed by atoms with Crippen molar-refractivity contribution in [2.75, 3.05) is 20.4 Å². The Morgan fingerprint density at radius 1 is 1.05 bits per heavy atom. The Hall–Kier alpha value is -4.04. The molecule has 0 fully saturated rings. The molecule has 3 aromatic carbocycles. The van der Waals surface area contributed by atoms with E-state index in [9.17, 15) is 23.2 Å². The Morgan fingerprint density at radius 3 is 2.50 bits per heavy atom. The van der Waals surface area contributed by atoms with Gasteiger partial charge in [-0.15, -0.1) is 0 Å². The van der Waals surface area contributed by atoms with Crippen LogP contribution in [0, 0.1) is 0 Å². The highest BCUT2D eigenvalue weighted by molar-refractivity contribution is 7.89. The first-order chi connectivity index (χ1) is 19.2. The molecule has 2 amide bonds. The molecule has 0 saturated heterocycles. The van der Waals surface area contributed by atoms with Crippen LogP contribution < -0.4 is 25.0 Å². The second-order valence-electron chi connectivity index (χ2n) is 8.49. The molecule has 40 heavy (non-hydrogen) atoms. The molecule has 0 bridgehead atoms. The number of sulfonamides is 1. The number of fused-ring (bicyclic) bond motifs is 1. The predicted octanol–water partition coefficient (Wildman–Crippen LogP) is 3.07. The molecule has 212 valence electrons. The van der Waals surface area contributed by atoms with Gasteiger partial charge in [0.25, 0.3) is 5.91 Å². The van der Waals surface area contributed by atoms with E-state index in [1.54, 1.807) is 42.5 Å². The van der Waals surface area contributed by atoms with Gasteiger partial charge in [0.2, 0.25) is 16.8 Å². The molecule has 0 aliphatic carbocycles. The minimum atomic E-state index is -4.37. The average Bonchev–Trinajstić information content (AvgIpc) is 3.43. The largest absolute Gasteiger partial charge is 0.497 e. The van der Waals surface area contributed by atoms with E-state index in [1.807, 2.05) is 0 Å². The van der Waals surface area contributed by atoms with Crippen molar-refractivity contribution in [2.45, 2.75) is 24.1 Å². The minimum Gasteiger partial charge on any atom is -0.497 e. The molecule has 1 aliphatic heterocycles. The summed E-state index contributed by atoms with van der Waals surface area (Å²) >= 11 is 5.95. The maximum Gasteiger partial charge on any atom is 0.407 e. The molecule has 1 atom stereocenters. The molecule has 1 heterocycles. The van der Waals surface area contributed by atoms with Gasteiger partial charge in [0.1, 0.15) is 18.4 Å². The number of hydroxylamine groups is 1. The summed E-state index contributed by atoms with van der Waals surface area (Å²) in [5.41, 5.74) is 2.57. The normalized spacial score (nSPS) is 13.0. The van der Waals surface area contributed by atoms with E-state index in [-0.39, 0.29) is 24.8 Å². The summed E-state index contributed by atoms with van der Waals surface area (Å²) in [5, 5.41) is 12.3. The fourth-order valence-corrected chi connectivity index (χ4v) is 5.66. The third kappa shape index (κ3) is 6.93. The van der Waals surface area contributed by atoms with Gasteiger partial charge < -0.3 is 24.3 Å². The lowest BCUT2D eigenvalue weighted by Crippen LogP contribution is -2.53. The number of hydrogen-bond acceptors (Lipinski definition) is 9. The van der Waals surface area contributed by atoms with Crippen LogP contribution in [0.5, 0.6) is 17.2 Å². The lowest BCUT2D eigenvalue weighted by Gasteiger charge is -2.29. The molecule has 1 aliphatic rings. The minimum absolute atomic E-state index is 0.0173. The Bertz CT molecular complexity index is 1470. The first-order valence-electron chi connectivity index (χ1n) is 11.8. The van der Waals surface area contributed by atoms with E-state index in [2.05, 4.69) is 5.32 Å². The van der Waals surface area contributed by atoms with Crippen LogP contribution in [-0.2, 0) is 32.7 Å². The lowest BCUT2D eigenvalue weighted by molar-refractivity contribution is -0.133. The van der Waals surface area contributed by atoms with E-state index in [1.165, 1.54) is 36.9 Å². The van der Waals surface area contributed by atoms with Crippen LogP contribution >= 0.6 is 11.6 Å². The molecule has 0 aromatic heterocycles. The standard InChI is InChI=1S/C26H26ClN3O9S/c1-36-20-6-8-21(9-7-20)40(34,35)30(14-17-5-10-23-24(12-17)39-16-38-23)22(25(31)29-33)13-28-26(32)37-15-18-3-2-4-19(27)11-18/h2-12,22,33H,13-16H2,1H3,(H,28,32)(H,29,31)/t22-/m1/s1. The number of alkyl carbamates (subject to hydrolysis) is 1. The Labute approximate surface area is 235 Å². The number of nitrogens with zero attached hydrogens (tertiary/aromatic N) is 1. The molecular weight excluding hydrogens is 566 g/mol. The number of halogens is 1. The van der Waals surface area contributed by atoms with Crippen LogP contribution in [0.2, 0.25) is 5.02 Å². The van der Waals surface area contributed by atoms with Gasteiger partial charge in [-0.2, -0.15) is 4.31 Å². The third-order valence-electron chi connectivity index (χ3n) is 5.90. The molecule has 0 unspecified atom stereocenters. The SMILES string of the molecule is COc1ccc(S(=O)(=O)N(Cc2ccc3c(c2)OCO3)[C@H](CNC(=O)OCc2cccc(Cl)c2)C(=O)NO)cc1. The summed E-state index contributed by atoms with van der Waals surface area (Å²) in [4.78, 5) is 25.1. The van der Waals surface area contributed by atoms with E-state index < -0.39 is 34.6 Å². The highest BCUT2D eigenvalue weighted by Crippen LogP contribution is 2.33. The van der Waals surface area contributed by atoms with Gasteiger partial charge in [-0.3, -0.25) is 10.0 Å². The van der Waals surface area contributed by atoms with Gasteiger partial charge in [-0.1, -0.05) is 29.8 Å². The van der Waals surface area contributed by atoms with Crippen LogP contribution in [0.15, 0.2) is 71.6 Å². The number of carbonyl (C=O) groups excluding carboxylic acids is 2. The average molecular weight is 592 g/mol. The van der Waals surface area contributed by atoms with Crippen molar-refractivity contribution in [1.29, 1.82) is 0 Å². The van der Waals surface area contributed by atoms with E-state index >= 15 is 0 Å². The zero-order valence-electron chi connectivity index (χ0n) is 21.2. The molecule has 14 heteroatoms. The van der Waals surface area contributed by atoms with Crippen LogP contribution in [0.3, 0.4) is 0 Å². The zero-order valence-corrected chi connectivity index (χ0v) is 22.8. The molecule has 0 saturated carbocycles. The van der Waals surface area contributed by atoms with E-state index in [0.29, 0.717) is 33.4 Å². The number of methoxy groups -OCH3 is 1. The Balaban J connectivity index is 1.60. The van der Waals surface area contributed by atoms with Crippen LogP contribution in [0.1, 0.15) is 11.1 Å². The van der Waals surface area contributed by atoms with Crippen LogP contribution in [-0.4, -0.2) is 56.4 Å². The van der Waals surface area contributed by atoms with Crippen molar-refractivity contribution in [3.63, 3.8) is 0 Å². The first-order valence-corrected chi connectivity index (χ1v) is 13.7. The van der Waals surface area contributed by atoms with Crippen molar-refractivity contribution in [1.82, 2.24) is 15.1 Å². The number of nitrogens with one attached hydrogen (secondary N) is 2. The number of benzene rings is 3. The lowest BCUT2D eigenvalue weighted by atomic mass is 10.2. The molecule has 0 spiro atoms. The maximum atomic E-state index is 13.8. The van der Waals surface area contributed by atoms with Crippen molar-refractivity contribution < 1.29 is 42.2 Å². The molecule has 3 N–H and O–H groups in total. The number of ether oxygens (including phenoxy) is 4. The van der Waals surface area contributed by atoms with Crippen molar-refractivity contribution >= 4 is 33.6 Å². The van der Waals surface area contributed by atoms with Gasteiger partial charge in [0.05, 0.1) is 12.0 Å². The van der Waals surface area contributed by atoms with Crippen molar-refractivity contribution in [3.8, 4) is 17.2 Å². The van der Waals surface area contributed by atoms with E-state index in [4.69, 9.17) is 30.5 Å². The number of carbonyl (C=O) groups is 2. The van der Waals surface area contributed by atoms with Gasteiger partial charge in [0, 0.05) is 18.1 Å². The topological polar surface area (TPSA) is 153 Å². The summed E-state index contributed by atoms with van der Waals surface area (Å²) in [6.07, 6.45) is -0.916. The summed E-state index contributed by atoms with van der Waals surface area (Å²) in [5.74, 6) is 0.246. The van der Waals surface area contributed by atoms with Crippen molar-refractivity contribution in [3.05, 3.63) is 82.9 Å². The van der Waals surface area contributed by atoms with Gasteiger partial charge in [0.15, 0.2) is 11.5 Å². The van der Waals surface area contributed by atoms with E-state index in [0.717, 1.165) is 4.31 Å². The fraction of sp³-hybridized carbons (Fsp3) is 0.231. The number of rotatable bonds is 11. The summed E-state index contributed by atoms with van der Waals surface area (Å²) in [7, 11) is -2.93. The zero-order chi connectivity index (χ0) is 28.7. The maximum absolute atomic E-state index is 13.8. The molecular formula is C26H26ClN3O9S. The third-order valence-corrected chi connectivity index (χ3v) is 8.00. The predicted molar refractivity (Wildman–Crippen MR) is 142 cm³/mol. The molecule has 0 radical (unpaired) electrons. The number of hydrogen-bond donors (Lipinski definition) is 3. The molecule has 4 rings (SSSR count). The smallest absolute Gasteiger partial charge is 0.407 e. The Morgan fingerprint density at radius 2 is 1.80 bits per heavy atom. The van der Waals surface area contributed by atoms with Crippen LogP contribution in [0.4, 0.5) is 4.79 Å². The number of amides is 2. The van der Waals surface area contributed by atoms with Crippen molar-refractivity contribution in [2.24, 2.45) is 0 Å². The monoisotopic (exact) mass is 591 g/mol. The first kappa shape index (κ1) is 29.0. The quantitative estimate of drug-likeness (QED) is 0.225. The summed E-state index contributed by atoms with van der Waals surface area (Å²) < 4.78 is 49.5. The summed E-state index contributed by atoms with van der Waals surface area (Å²) in [6, 6.07) is 15.5. The highest BCUT2D eigenvalue weighted by Gasteiger charge is 2.37. The highest BCUT2D eigenvalue weighted by atomic mass is 35.5. The Kier molecular flexibility index (Phi) is 9.32. The van der Waals surface area contributed by atoms with Gasteiger partial charge in [-0.05, 0) is 59.7 Å². The molecule has 3 aromatic rings. The van der Waals surface area contributed by atoms with Gasteiger partial charge >= 0.3 is 6.09 Å². The second-order valence-corrected chi connectivity index (χ2v) is 10.8. The second kappa shape index (κ2) is 12.9. The summed E-state index contributed by atoms with van der Waals surface area (Å²) in [6.45, 7) is -0.944. The van der Waals surface area contributed by atoms with Crippen LogP contribution in [0.25, 0.3) is 0 Å². The fourth-order valence-electron chi connectivity index (χ4n) is 3.87. The molecule has 12 nitrogen and oxygen atoms in total. The van der Waals surface area contributed by atoms with Gasteiger partial charge in [-0.25, -0.2) is 18.7 Å².